The topological polar surface area (TPSA) is 86.6 Å². The summed E-state index contributed by atoms with van der Waals surface area (Å²) in [4.78, 5) is 22.9. The molecule has 0 spiro atoms. The van der Waals surface area contributed by atoms with Gasteiger partial charge in [-0.05, 0) is 12.1 Å². The van der Waals surface area contributed by atoms with Gasteiger partial charge in [-0.2, -0.15) is 0 Å². The largest absolute Gasteiger partial charge is 0.480 e. The van der Waals surface area contributed by atoms with Crippen molar-refractivity contribution < 1.29 is 19.8 Å². The second-order valence-electron chi connectivity index (χ2n) is 3.67. The van der Waals surface area contributed by atoms with Crippen LogP contribution in [0.15, 0.2) is 29.2 Å². The molecule has 5 nitrogen and oxygen atoms in total. The second kappa shape index (κ2) is 8.04. The van der Waals surface area contributed by atoms with Crippen molar-refractivity contribution in [1.29, 1.82) is 0 Å². The van der Waals surface area contributed by atoms with Crippen LogP contribution in [0, 0.1) is 0 Å². The molecule has 0 saturated heterocycles. The summed E-state index contributed by atoms with van der Waals surface area (Å²) in [5, 5.41) is 20.3. The molecule has 0 fully saturated rings. The molecule has 0 radical (unpaired) electrons. The lowest BCUT2D eigenvalue weighted by Gasteiger charge is -2.11. The van der Waals surface area contributed by atoms with Crippen LogP contribution in [0.2, 0.25) is 5.02 Å². The normalized spacial score (nSPS) is 11.9. The molecule has 0 unspecified atom stereocenters. The van der Waals surface area contributed by atoms with Gasteiger partial charge in [-0.15, -0.1) is 11.8 Å². The van der Waals surface area contributed by atoms with Crippen molar-refractivity contribution in [2.75, 3.05) is 12.4 Å². The SMILES string of the molecule is O=C(CCSc1ccccc1Cl)N[C@H](CO)C(=O)O. The van der Waals surface area contributed by atoms with Gasteiger partial charge in [0, 0.05) is 17.1 Å². The van der Waals surface area contributed by atoms with Gasteiger partial charge in [-0.1, -0.05) is 23.7 Å². The fourth-order valence-electron chi connectivity index (χ4n) is 1.27. The first kappa shape index (κ1) is 15.8. The highest BCUT2D eigenvalue weighted by atomic mass is 35.5. The van der Waals surface area contributed by atoms with Gasteiger partial charge in [0.05, 0.1) is 11.6 Å². The Morgan fingerprint density at radius 3 is 2.63 bits per heavy atom. The Morgan fingerprint density at radius 1 is 1.37 bits per heavy atom. The molecule has 1 rings (SSSR count). The van der Waals surface area contributed by atoms with Crippen molar-refractivity contribution in [1.82, 2.24) is 5.32 Å². The van der Waals surface area contributed by atoms with Crippen LogP contribution in [-0.2, 0) is 9.59 Å². The number of carboxylic acid groups (broad SMARTS) is 1. The van der Waals surface area contributed by atoms with E-state index in [0.29, 0.717) is 10.8 Å². The minimum absolute atomic E-state index is 0.152. The van der Waals surface area contributed by atoms with E-state index in [9.17, 15) is 9.59 Å². The Bertz CT molecular complexity index is 455. The van der Waals surface area contributed by atoms with E-state index in [0.717, 1.165) is 4.90 Å². The monoisotopic (exact) mass is 303 g/mol. The molecule has 1 amide bonds. The summed E-state index contributed by atoms with van der Waals surface area (Å²) in [7, 11) is 0. The molecule has 1 atom stereocenters. The smallest absolute Gasteiger partial charge is 0.328 e. The van der Waals surface area contributed by atoms with Crippen LogP contribution in [0.5, 0.6) is 0 Å². The van der Waals surface area contributed by atoms with Crippen molar-refractivity contribution in [2.45, 2.75) is 17.4 Å². The zero-order valence-corrected chi connectivity index (χ0v) is 11.6. The highest BCUT2D eigenvalue weighted by Gasteiger charge is 2.18. The van der Waals surface area contributed by atoms with Crippen molar-refractivity contribution in [2.24, 2.45) is 0 Å². The molecule has 7 heteroatoms. The second-order valence-corrected chi connectivity index (χ2v) is 5.21. The molecule has 0 aliphatic rings. The highest BCUT2D eigenvalue weighted by Crippen LogP contribution is 2.26. The van der Waals surface area contributed by atoms with Crippen LogP contribution in [-0.4, -0.2) is 40.5 Å². The lowest BCUT2D eigenvalue weighted by Crippen LogP contribution is -2.43. The summed E-state index contributed by atoms with van der Waals surface area (Å²) >= 11 is 7.37. The summed E-state index contributed by atoms with van der Waals surface area (Å²) in [5.41, 5.74) is 0. The first-order chi connectivity index (χ1) is 9.04. The number of carbonyl (C=O) groups excluding carboxylic acids is 1. The van der Waals surface area contributed by atoms with Crippen LogP contribution in [0.25, 0.3) is 0 Å². The summed E-state index contributed by atoms with van der Waals surface area (Å²) < 4.78 is 0. The number of hydrogen-bond donors (Lipinski definition) is 3. The Labute approximate surface area is 120 Å². The number of benzene rings is 1. The van der Waals surface area contributed by atoms with Crippen LogP contribution < -0.4 is 5.32 Å². The summed E-state index contributed by atoms with van der Waals surface area (Å²) in [6, 6.07) is 6.02. The van der Waals surface area contributed by atoms with Crippen LogP contribution in [0.1, 0.15) is 6.42 Å². The quantitative estimate of drug-likeness (QED) is 0.663. The number of halogens is 1. The van der Waals surface area contributed by atoms with Gasteiger partial charge < -0.3 is 15.5 Å². The van der Waals surface area contributed by atoms with Gasteiger partial charge in [0.1, 0.15) is 6.04 Å². The fraction of sp³-hybridized carbons (Fsp3) is 0.333. The van der Waals surface area contributed by atoms with E-state index in [1.54, 1.807) is 6.07 Å². The molecule has 0 aliphatic heterocycles. The highest BCUT2D eigenvalue weighted by molar-refractivity contribution is 7.99. The lowest BCUT2D eigenvalue weighted by atomic mass is 10.3. The number of nitrogens with one attached hydrogen (secondary N) is 1. The molecule has 0 saturated carbocycles. The van der Waals surface area contributed by atoms with Gasteiger partial charge in [-0.3, -0.25) is 4.79 Å². The van der Waals surface area contributed by atoms with E-state index >= 15 is 0 Å². The third-order valence-corrected chi connectivity index (χ3v) is 3.76. The van der Waals surface area contributed by atoms with Gasteiger partial charge in [0.25, 0.3) is 0 Å². The lowest BCUT2D eigenvalue weighted by molar-refractivity contribution is -0.142. The number of rotatable bonds is 7. The minimum Gasteiger partial charge on any atom is -0.480 e. The number of aliphatic hydroxyl groups excluding tert-OH is 1. The first-order valence-electron chi connectivity index (χ1n) is 5.55. The molecule has 0 aliphatic carbocycles. The molecule has 3 N–H and O–H groups in total. The zero-order valence-electron chi connectivity index (χ0n) is 10.0. The minimum atomic E-state index is -1.25. The molecule has 0 bridgehead atoms. The predicted octanol–water partition coefficient (Wildman–Crippen LogP) is 1.38. The molecule has 19 heavy (non-hydrogen) atoms. The van der Waals surface area contributed by atoms with E-state index in [4.69, 9.17) is 21.8 Å². The molecule has 1 aromatic rings. The number of carboxylic acids is 1. The number of amides is 1. The molecular weight excluding hydrogens is 290 g/mol. The standard InChI is InChI=1S/C12H14ClNO4S/c13-8-3-1-2-4-10(8)19-6-5-11(16)14-9(7-15)12(17)18/h1-4,9,15H,5-7H2,(H,14,16)(H,17,18)/t9-/m1/s1. The number of hydrogen-bond acceptors (Lipinski definition) is 4. The molecule has 0 heterocycles. The van der Waals surface area contributed by atoms with E-state index in [1.165, 1.54) is 11.8 Å². The van der Waals surface area contributed by atoms with E-state index in [1.807, 2.05) is 18.2 Å². The molecule has 0 aromatic heterocycles. The van der Waals surface area contributed by atoms with Gasteiger partial charge in [0.15, 0.2) is 0 Å². The molecular formula is C12H14ClNO4S. The summed E-state index contributed by atoms with van der Waals surface area (Å²) in [6.07, 6.45) is 0.152. The fourth-order valence-corrected chi connectivity index (χ4v) is 2.45. The first-order valence-corrected chi connectivity index (χ1v) is 6.91. The van der Waals surface area contributed by atoms with Crippen LogP contribution in [0.3, 0.4) is 0 Å². The average Bonchev–Trinajstić information content (AvgIpc) is 2.38. The van der Waals surface area contributed by atoms with E-state index in [2.05, 4.69) is 5.32 Å². The third kappa shape index (κ3) is 5.50. The summed E-state index contributed by atoms with van der Waals surface area (Å²) in [6.45, 7) is -0.626. The van der Waals surface area contributed by atoms with Crippen molar-refractivity contribution >= 4 is 35.2 Å². The number of thioether (sulfide) groups is 1. The van der Waals surface area contributed by atoms with E-state index < -0.39 is 24.5 Å². The van der Waals surface area contributed by atoms with Crippen molar-refractivity contribution in [3.8, 4) is 0 Å². The Hall–Kier alpha value is -1.24. The maximum Gasteiger partial charge on any atom is 0.328 e. The third-order valence-electron chi connectivity index (χ3n) is 2.24. The maximum absolute atomic E-state index is 11.5. The summed E-state index contributed by atoms with van der Waals surface area (Å²) in [5.74, 6) is -1.19. The average molecular weight is 304 g/mol. The van der Waals surface area contributed by atoms with Crippen molar-refractivity contribution in [3.63, 3.8) is 0 Å². The predicted molar refractivity (Wildman–Crippen MR) is 73.4 cm³/mol. The zero-order chi connectivity index (χ0) is 14.3. The van der Waals surface area contributed by atoms with Gasteiger partial charge in [0.2, 0.25) is 5.91 Å². The maximum atomic E-state index is 11.5. The number of aliphatic carboxylic acids is 1. The number of aliphatic hydroxyl groups is 1. The van der Waals surface area contributed by atoms with Gasteiger partial charge in [-0.25, -0.2) is 4.79 Å². The number of carbonyl (C=O) groups is 2. The van der Waals surface area contributed by atoms with E-state index in [-0.39, 0.29) is 6.42 Å². The van der Waals surface area contributed by atoms with Crippen LogP contribution >= 0.6 is 23.4 Å². The van der Waals surface area contributed by atoms with Crippen LogP contribution in [0.4, 0.5) is 0 Å². The Morgan fingerprint density at radius 2 is 2.05 bits per heavy atom. The molecule has 1 aromatic carbocycles. The van der Waals surface area contributed by atoms with Gasteiger partial charge >= 0.3 is 5.97 Å². The van der Waals surface area contributed by atoms with Crippen molar-refractivity contribution in [3.05, 3.63) is 29.3 Å². The molecule has 104 valence electrons. The Kier molecular flexibility index (Phi) is 6.69. The Balaban J connectivity index is 2.35.